The molecular formula is C26H37N3O4S. The number of carbonyl (C=O) groups excluding carboxylic acids is 3. The maximum atomic E-state index is 13.7. The Morgan fingerprint density at radius 3 is 2.50 bits per heavy atom. The van der Waals surface area contributed by atoms with Crippen molar-refractivity contribution in [3.05, 3.63) is 35.4 Å². The summed E-state index contributed by atoms with van der Waals surface area (Å²) in [5.74, 6) is 1.93. The maximum Gasteiger partial charge on any atom is 0.240 e. The molecule has 0 spiro atoms. The van der Waals surface area contributed by atoms with Gasteiger partial charge in [0.15, 0.2) is 0 Å². The Balaban J connectivity index is 1.50. The van der Waals surface area contributed by atoms with Gasteiger partial charge in [0.25, 0.3) is 0 Å². The summed E-state index contributed by atoms with van der Waals surface area (Å²) in [5.41, 5.74) is 0.626. The van der Waals surface area contributed by atoms with Crippen molar-refractivity contribution in [3.63, 3.8) is 0 Å². The Bertz CT molecular complexity index is 896. The summed E-state index contributed by atoms with van der Waals surface area (Å²) in [5, 5.41) is 0. The molecule has 8 heteroatoms. The highest BCUT2D eigenvalue weighted by Crippen LogP contribution is 2.42. The summed E-state index contributed by atoms with van der Waals surface area (Å²) < 4.78 is 5.11. The molecule has 3 aliphatic heterocycles. The summed E-state index contributed by atoms with van der Waals surface area (Å²) >= 11 is 2.01. The van der Waals surface area contributed by atoms with Gasteiger partial charge in [-0.25, -0.2) is 0 Å². The third-order valence-corrected chi connectivity index (χ3v) is 8.57. The van der Waals surface area contributed by atoms with Crippen molar-refractivity contribution in [1.82, 2.24) is 14.7 Å². The summed E-state index contributed by atoms with van der Waals surface area (Å²) in [6, 6.07) is 8.22. The van der Waals surface area contributed by atoms with E-state index in [4.69, 9.17) is 4.74 Å². The number of piperidine rings is 1. The van der Waals surface area contributed by atoms with Gasteiger partial charge in [0, 0.05) is 76.8 Å². The zero-order valence-electron chi connectivity index (χ0n) is 20.5. The number of rotatable bonds is 8. The first-order valence-electron chi connectivity index (χ1n) is 12.5. The van der Waals surface area contributed by atoms with Crippen LogP contribution in [-0.2, 0) is 24.5 Å². The normalized spacial score (nSPS) is 24.8. The average molecular weight is 488 g/mol. The number of imide groups is 1. The van der Waals surface area contributed by atoms with Crippen LogP contribution in [0.15, 0.2) is 24.3 Å². The minimum atomic E-state index is -1.12. The number of nitrogens with zero attached hydrogens (tertiary/aromatic N) is 3. The van der Waals surface area contributed by atoms with Gasteiger partial charge in [-0.2, -0.15) is 11.8 Å². The third kappa shape index (κ3) is 5.19. The molecule has 0 unspecified atom stereocenters. The molecule has 3 aliphatic rings. The van der Waals surface area contributed by atoms with Crippen LogP contribution in [0.25, 0.3) is 0 Å². The van der Waals surface area contributed by atoms with E-state index in [9.17, 15) is 14.4 Å². The Morgan fingerprint density at radius 1 is 1.12 bits per heavy atom. The van der Waals surface area contributed by atoms with Gasteiger partial charge in [0.05, 0.1) is 5.41 Å². The number of thioether (sulfide) groups is 1. The van der Waals surface area contributed by atoms with E-state index in [1.54, 1.807) is 7.11 Å². The molecule has 0 radical (unpaired) electrons. The number of hydrogen-bond acceptors (Lipinski definition) is 6. The van der Waals surface area contributed by atoms with Gasteiger partial charge in [-0.3, -0.25) is 24.2 Å². The molecule has 0 N–H and O–H groups in total. The van der Waals surface area contributed by atoms with Crippen LogP contribution in [0.1, 0.15) is 43.2 Å². The monoisotopic (exact) mass is 487 g/mol. The first-order chi connectivity index (χ1) is 16.5. The minimum absolute atomic E-state index is 0.0178. The Labute approximate surface area is 207 Å². The van der Waals surface area contributed by atoms with Crippen LogP contribution >= 0.6 is 11.8 Å². The highest BCUT2D eigenvalue weighted by Gasteiger charge is 2.54. The van der Waals surface area contributed by atoms with Gasteiger partial charge in [-0.15, -0.1) is 0 Å². The lowest BCUT2D eigenvalue weighted by Crippen LogP contribution is -2.50. The fraction of sp³-hybridized carbons (Fsp3) is 0.654. The van der Waals surface area contributed by atoms with E-state index in [0.29, 0.717) is 25.6 Å². The topological polar surface area (TPSA) is 70.2 Å². The number of hydrogen-bond donors (Lipinski definition) is 0. The minimum Gasteiger partial charge on any atom is -0.385 e. The van der Waals surface area contributed by atoms with Crippen molar-refractivity contribution >= 4 is 29.5 Å². The van der Waals surface area contributed by atoms with E-state index < -0.39 is 5.41 Å². The average Bonchev–Trinajstić information content (AvgIpc) is 3.09. The molecule has 4 rings (SSSR count). The van der Waals surface area contributed by atoms with E-state index in [-0.39, 0.29) is 30.6 Å². The second-order valence-electron chi connectivity index (χ2n) is 9.71. The molecule has 0 aromatic heterocycles. The lowest BCUT2D eigenvalue weighted by molar-refractivity contribution is -0.143. The number of likely N-dealkylation sites (tertiary alicyclic amines) is 2. The summed E-state index contributed by atoms with van der Waals surface area (Å²) in [4.78, 5) is 46.1. The van der Waals surface area contributed by atoms with Crippen molar-refractivity contribution in [3.8, 4) is 0 Å². The number of amides is 3. The summed E-state index contributed by atoms with van der Waals surface area (Å²) in [7, 11) is 1.61. The SMILES string of the molecule is COCCCN1C(=O)C[C@@](CC(=O)N2CCC(N3CCSCC3)CC2)(c2ccccc2C)C1=O. The number of ether oxygens (including phenoxy) is 1. The van der Waals surface area contributed by atoms with E-state index >= 15 is 0 Å². The lowest BCUT2D eigenvalue weighted by Gasteiger charge is -2.40. The molecule has 1 aromatic carbocycles. The molecule has 186 valence electrons. The molecule has 34 heavy (non-hydrogen) atoms. The van der Waals surface area contributed by atoms with Crippen LogP contribution in [0.3, 0.4) is 0 Å². The number of aryl methyl sites for hydroxylation is 1. The van der Waals surface area contributed by atoms with E-state index in [1.165, 1.54) is 16.4 Å². The van der Waals surface area contributed by atoms with Crippen LogP contribution in [0.4, 0.5) is 0 Å². The van der Waals surface area contributed by atoms with Gasteiger partial charge < -0.3 is 9.64 Å². The van der Waals surface area contributed by atoms with Crippen molar-refractivity contribution in [2.75, 3.05) is 57.9 Å². The van der Waals surface area contributed by atoms with Crippen molar-refractivity contribution < 1.29 is 19.1 Å². The summed E-state index contributed by atoms with van der Waals surface area (Å²) in [6.45, 7) is 6.47. The van der Waals surface area contributed by atoms with E-state index in [2.05, 4.69) is 4.90 Å². The second-order valence-corrected chi connectivity index (χ2v) is 10.9. The zero-order valence-corrected chi connectivity index (χ0v) is 21.3. The molecule has 0 aliphatic carbocycles. The molecule has 1 aromatic rings. The van der Waals surface area contributed by atoms with Crippen molar-refractivity contribution in [1.29, 1.82) is 0 Å². The van der Waals surface area contributed by atoms with Crippen LogP contribution < -0.4 is 0 Å². The van der Waals surface area contributed by atoms with Crippen LogP contribution in [0.2, 0.25) is 0 Å². The standard InChI is InChI=1S/C26H37N3O4S/c1-20-6-3-4-7-22(20)26(19-24(31)29(25(26)32)10-5-15-33-2)18-23(30)28-11-8-21(9-12-28)27-13-16-34-17-14-27/h3-4,6-7,21H,5,8-19H2,1-2H3/t26-/m0/s1. The molecule has 3 saturated heterocycles. The lowest BCUT2D eigenvalue weighted by atomic mass is 9.73. The second kappa shape index (κ2) is 11.2. The molecule has 7 nitrogen and oxygen atoms in total. The molecule has 3 amide bonds. The molecule has 3 heterocycles. The summed E-state index contributed by atoms with van der Waals surface area (Å²) in [6.07, 6.45) is 2.65. The van der Waals surface area contributed by atoms with Crippen molar-refractivity contribution in [2.24, 2.45) is 0 Å². The zero-order chi connectivity index (χ0) is 24.1. The maximum absolute atomic E-state index is 13.7. The Kier molecular flexibility index (Phi) is 8.32. The van der Waals surface area contributed by atoms with Gasteiger partial charge in [0.1, 0.15) is 0 Å². The van der Waals surface area contributed by atoms with Crippen molar-refractivity contribution in [2.45, 2.75) is 50.5 Å². The van der Waals surface area contributed by atoms with Gasteiger partial charge in [-0.05, 0) is 37.3 Å². The van der Waals surface area contributed by atoms with Gasteiger partial charge in [0.2, 0.25) is 17.7 Å². The van der Waals surface area contributed by atoms with E-state index in [0.717, 1.165) is 50.1 Å². The predicted molar refractivity (Wildman–Crippen MR) is 134 cm³/mol. The molecule has 3 fully saturated rings. The fourth-order valence-electron chi connectivity index (χ4n) is 5.74. The highest BCUT2D eigenvalue weighted by atomic mass is 32.2. The molecule has 0 saturated carbocycles. The molecule has 1 atom stereocenters. The van der Waals surface area contributed by atoms with Crippen LogP contribution in [0, 0.1) is 6.92 Å². The predicted octanol–water partition coefficient (Wildman–Crippen LogP) is 2.46. The quantitative estimate of drug-likeness (QED) is 0.415. The Morgan fingerprint density at radius 2 is 1.82 bits per heavy atom. The van der Waals surface area contributed by atoms with Crippen LogP contribution in [0.5, 0.6) is 0 Å². The molecular weight excluding hydrogens is 450 g/mol. The van der Waals surface area contributed by atoms with E-state index in [1.807, 2.05) is 47.9 Å². The van der Waals surface area contributed by atoms with Gasteiger partial charge >= 0.3 is 0 Å². The molecule has 0 bridgehead atoms. The number of carbonyl (C=O) groups is 3. The fourth-order valence-corrected chi connectivity index (χ4v) is 6.67. The number of benzene rings is 1. The van der Waals surface area contributed by atoms with Crippen LogP contribution in [-0.4, -0.2) is 96.4 Å². The first-order valence-corrected chi connectivity index (χ1v) is 13.6. The smallest absolute Gasteiger partial charge is 0.240 e. The Hall–Kier alpha value is -1.90. The number of methoxy groups -OCH3 is 1. The third-order valence-electron chi connectivity index (χ3n) is 7.63. The van der Waals surface area contributed by atoms with Gasteiger partial charge in [-0.1, -0.05) is 24.3 Å². The first kappa shape index (κ1) is 25.2. The largest absolute Gasteiger partial charge is 0.385 e. The highest BCUT2D eigenvalue weighted by molar-refractivity contribution is 7.99.